The van der Waals surface area contributed by atoms with Crippen LogP contribution in [-0.2, 0) is 7.05 Å². The number of aromatic nitrogens is 1. The first kappa shape index (κ1) is 10.6. The van der Waals surface area contributed by atoms with E-state index in [2.05, 4.69) is 67.9 Å². The van der Waals surface area contributed by atoms with Gasteiger partial charge in [-0.3, -0.25) is 0 Å². The highest BCUT2D eigenvalue weighted by atomic mass is 14.9. The van der Waals surface area contributed by atoms with Gasteiger partial charge in [0.1, 0.15) is 7.05 Å². The summed E-state index contributed by atoms with van der Waals surface area (Å²) in [7, 11) is 2.02. The van der Waals surface area contributed by atoms with Crippen molar-refractivity contribution >= 4 is 12.2 Å². The van der Waals surface area contributed by atoms with Crippen molar-refractivity contribution < 1.29 is 4.57 Å². The number of hydrogen-bond donors (Lipinski definition) is 0. The predicted octanol–water partition coefficient (Wildman–Crippen LogP) is 2.99. The van der Waals surface area contributed by atoms with E-state index in [1.807, 2.05) is 11.6 Å². The third-order valence-corrected chi connectivity index (χ3v) is 2.55. The van der Waals surface area contributed by atoms with E-state index >= 15 is 0 Å². The molecule has 0 spiro atoms. The Balaban J connectivity index is 2.15. The number of rotatable bonds is 2. The number of aryl methyl sites for hydroxylation is 2. The molecule has 0 atom stereocenters. The predicted molar refractivity (Wildman–Crippen MR) is 67.7 cm³/mol. The highest BCUT2D eigenvalue weighted by molar-refractivity contribution is 5.69. The third kappa shape index (κ3) is 2.80. The zero-order chi connectivity index (χ0) is 11.4. The van der Waals surface area contributed by atoms with E-state index in [0.29, 0.717) is 0 Å². The van der Waals surface area contributed by atoms with Crippen LogP contribution in [0.5, 0.6) is 0 Å². The number of benzene rings is 1. The fourth-order valence-electron chi connectivity index (χ4n) is 1.49. The average Bonchev–Trinajstić information content (AvgIpc) is 2.30. The van der Waals surface area contributed by atoms with E-state index in [0.717, 1.165) is 0 Å². The Bertz CT molecular complexity index is 430. The van der Waals surface area contributed by atoms with Crippen LogP contribution in [0.3, 0.4) is 0 Å². The lowest BCUT2D eigenvalue weighted by atomic mass is 10.1. The Morgan fingerprint density at radius 2 is 1.31 bits per heavy atom. The Kier molecular flexibility index (Phi) is 3.16. The van der Waals surface area contributed by atoms with E-state index in [1.165, 1.54) is 16.7 Å². The van der Waals surface area contributed by atoms with Crippen molar-refractivity contribution in [3.05, 3.63) is 65.5 Å². The number of pyridine rings is 1. The van der Waals surface area contributed by atoms with Crippen LogP contribution in [0.25, 0.3) is 12.2 Å². The maximum absolute atomic E-state index is 2.13. The molecule has 0 N–H and O–H groups in total. The molecule has 16 heavy (non-hydrogen) atoms. The number of hydrogen-bond acceptors (Lipinski definition) is 0. The SMILES string of the molecule is Cc1ccc(/C=C\c2cc[n+](C)cc2)cc1. The lowest BCUT2D eigenvalue weighted by Gasteiger charge is -1.95. The fourth-order valence-corrected chi connectivity index (χ4v) is 1.49. The number of nitrogens with zero attached hydrogens (tertiary/aromatic N) is 1. The minimum absolute atomic E-state index is 1.22. The van der Waals surface area contributed by atoms with Gasteiger partial charge in [-0.05, 0) is 18.1 Å². The average molecular weight is 210 g/mol. The van der Waals surface area contributed by atoms with Crippen LogP contribution in [0.4, 0.5) is 0 Å². The molecule has 1 aromatic heterocycles. The molecule has 0 unspecified atom stereocenters. The molecule has 0 saturated carbocycles. The van der Waals surface area contributed by atoms with Crippen molar-refractivity contribution in [2.24, 2.45) is 7.05 Å². The normalized spacial score (nSPS) is 10.9. The molecule has 0 bridgehead atoms. The van der Waals surface area contributed by atoms with E-state index in [-0.39, 0.29) is 0 Å². The summed E-state index contributed by atoms with van der Waals surface area (Å²) in [6, 6.07) is 12.7. The highest BCUT2D eigenvalue weighted by Crippen LogP contribution is 2.08. The van der Waals surface area contributed by atoms with Gasteiger partial charge in [0, 0.05) is 12.1 Å². The molecule has 80 valence electrons. The standard InChI is InChI=1S/C15H16N/c1-13-3-5-14(6-4-13)7-8-15-9-11-16(2)12-10-15/h3-12H,1-2H3/q+1/b8-7-. The van der Waals surface area contributed by atoms with E-state index in [9.17, 15) is 0 Å². The Morgan fingerprint density at radius 1 is 0.812 bits per heavy atom. The van der Waals surface area contributed by atoms with Gasteiger partial charge in [0.2, 0.25) is 0 Å². The summed E-state index contributed by atoms with van der Waals surface area (Å²) in [4.78, 5) is 0. The summed E-state index contributed by atoms with van der Waals surface area (Å²) in [5.74, 6) is 0. The summed E-state index contributed by atoms with van der Waals surface area (Å²) < 4.78 is 2.03. The van der Waals surface area contributed by atoms with Gasteiger partial charge in [-0.1, -0.05) is 42.0 Å². The van der Waals surface area contributed by atoms with Crippen LogP contribution in [0.1, 0.15) is 16.7 Å². The molecule has 2 aromatic rings. The summed E-state index contributed by atoms with van der Waals surface area (Å²) in [6.07, 6.45) is 8.36. The summed E-state index contributed by atoms with van der Waals surface area (Å²) >= 11 is 0. The zero-order valence-corrected chi connectivity index (χ0v) is 9.72. The van der Waals surface area contributed by atoms with Crippen LogP contribution >= 0.6 is 0 Å². The topological polar surface area (TPSA) is 3.88 Å². The molecule has 0 aliphatic carbocycles. The van der Waals surface area contributed by atoms with Gasteiger partial charge in [0.25, 0.3) is 0 Å². The van der Waals surface area contributed by atoms with Gasteiger partial charge in [0.15, 0.2) is 12.4 Å². The summed E-state index contributed by atoms with van der Waals surface area (Å²) in [6.45, 7) is 2.10. The van der Waals surface area contributed by atoms with Gasteiger partial charge in [-0.25, -0.2) is 4.57 Å². The van der Waals surface area contributed by atoms with E-state index in [4.69, 9.17) is 0 Å². The maximum atomic E-state index is 2.13. The molecule has 1 heterocycles. The van der Waals surface area contributed by atoms with Crippen molar-refractivity contribution in [2.45, 2.75) is 6.92 Å². The second-order valence-electron chi connectivity index (χ2n) is 4.04. The van der Waals surface area contributed by atoms with Gasteiger partial charge in [0.05, 0.1) is 0 Å². The van der Waals surface area contributed by atoms with Crippen molar-refractivity contribution in [3.63, 3.8) is 0 Å². The van der Waals surface area contributed by atoms with Gasteiger partial charge in [-0.15, -0.1) is 0 Å². The van der Waals surface area contributed by atoms with Gasteiger partial charge in [-0.2, -0.15) is 0 Å². The molecule has 0 aliphatic rings. The lowest BCUT2D eigenvalue weighted by molar-refractivity contribution is -0.671. The first-order chi connectivity index (χ1) is 7.74. The third-order valence-electron chi connectivity index (χ3n) is 2.55. The molecule has 1 aromatic carbocycles. The van der Waals surface area contributed by atoms with Crippen molar-refractivity contribution in [2.75, 3.05) is 0 Å². The van der Waals surface area contributed by atoms with Crippen LogP contribution in [-0.4, -0.2) is 0 Å². The quantitative estimate of drug-likeness (QED) is 0.671. The molecule has 0 radical (unpaired) electrons. The molecule has 0 fully saturated rings. The second kappa shape index (κ2) is 4.75. The first-order valence-corrected chi connectivity index (χ1v) is 5.44. The van der Waals surface area contributed by atoms with Crippen LogP contribution in [0.2, 0.25) is 0 Å². The minimum atomic E-state index is 1.22. The Labute approximate surface area is 96.7 Å². The Hall–Kier alpha value is -1.89. The zero-order valence-electron chi connectivity index (χ0n) is 9.72. The molecule has 0 amide bonds. The summed E-state index contributed by atoms with van der Waals surface area (Å²) in [5, 5.41) is 0. The molecule has 1 nitrogen and oxygen atoms in total. The second-order valence-corrected chi connectivity index (χ2v) is 4.04. The van der Waals surface area contributed by atoms with Crippen molar-refractivity contribution in [1.29, 1.82) is 0 Å². The Morgan fingerprint density at radius 3 is 1.88 bits per heavy atom. The molecule has 0 saturated heterocycles. The van der Waals surface area contributed by atoms with Crippen molar-refractivity contribution in [3.8, 4) is 0 Å². The minimum Gasteiger partial charge on any atom is -0.208 e. The lowest BCUT2D eigenvalue weighted by Crippen LogP contribution is -2.25. The van der Waals surface area contributed by atoms with Gasteiger partial charge >= 0.3 is 0 Å². The fraction of sp³-hybridized carbons (Fsp3) is 0.133. The molecule has 2 rings (SSSR count). The molecule has 1 heteroatoms. The molecule has 0 aliphatic heterocycles. The van der Waals surface area contributed by atoms with Crippen LogP contribution in [0.15, 0.2) is 48.8 Å². The highest BCUT2D eigenvalue weighted by Gasteiger charge is 1.91. The van der Waals surface area contributed by atoms with Crippen LogP contribution in [0, 0.1) is 6.92 Å². The first-order valence-electron chi connectivity index (χ1n) is 5.44. The van der Waals surface area contributed by atoms with E-state index < -0.39 is 0 Å². The molecular formula is C15H16N+. The monoisotopic (exact) mass is 210 g/mol. The summed E-state index contributed by atoms with van der Waals surface area (Å²) in [5.41, 5.74) is 3.75. The maximum Gasteiger partial charge on any atom is 0.169 e. The molecular weight excluding hydrogens is 194 g/mol. The van der Waals surface area contributed by atoms with E-state index in [1.54, 1.807) is 0 Å². The van der Waals surface area contributed by atoms with Crippen molar-refractivity contribution in [1.82, 2.24) is 0 Å². The van der Waals surface area contributed by atoms with Gasteiger partial charge < -0.3 is 0 Å². The smallest absolute Gasteiger partial charge is 0.169 e. The largest absolute Gasteiger partial charge is 0.208 e. The van der Waals surface area contributed by atoms with Crippen LogP contribution < -0.4 is 4.57 Å².